The van der Waals surface area contributed by atoms with Gasteiger partial charge in [0.25, 0.3) is 0 Å². The number of hydrogen-bond donors (Lipinski definition) is 2. The van der Waals surface area contributed by atoms with E-state index in [9.17, 15) is 0 Å². The van der Waals surface area contributed by atoms with Gasteiger partial charge in [-0.05, 0) is 57.3 Å². The monoisotopic (exact) mass is 518 g/mol. The Hall–Kier alpha value is -1.06. The van der Waals surface area contributed by atoms with Gasteiger partial charge in [0.1, 0.15) is 12.4 Å². The SMILES string of the molecule is CCNC(=NCc1ccc(C)cc1OCCOC)NCC1CCCN(CC)C1.I. The van der Waals surface area contributed by atoms with Crippen molar-refractivity contribution in [2.45, 2.75) is 40.2 Å². The molecule has 1 aliphatic rings. The average Bonchev–Trinajstić information content (AvgIpc) is 2.71. The quantitative estimate of drug-likeness (QED) is 0.215. The molecular weight excluding hydrogens is 479 g/mol. The van der Waals surface area contributed by atoms with Crippen molar-refractivity contribution in [1.29, 1.82) is 0 Å². The Morgan fingerprint density at radius 1 is 1.24 bits per heavy atom. The third kappa shape index (κ3) is 9.53. The first-order valence-electron chi connectivity index (χ1n) is 10.6. The lowest BCUT2D eigenvalue weighted by atomic mass is 9.98. The maximum absolute atomic E-state index is 5.89. The Balaban J connectivity index is 0.00000420. The van der Waals surface area contributed by atoms with Gasteiger partial charge in [-0.1, -0.05) is 19.1 Å². The van der Waals surface area contributed by atoms with E-state index in [1.165, 1.54) is 31.5 Å². The van der Waals surface area contributed by atoms with Crippen molar-refractivity contribution in [1.82, 2.24) is 15.5 Å². The molecule has 2 N–H and O–H groups in total. The number of benzene rings is 1. The summed E-state index contributed by atoms with van der Waals surface area (Å²) in [6.45, 7) is 13.5. The second kappa shape index (κ2) is 14.8. The average molecular weight is 518 g/mol. The minimum atomic E-state index is 0. The number of guanidine groups is 1. The van der Waals surface area contributed by atoms with Crippen LogP contribution in [0.25, 0.3) is 0 Å². The molecule has 6 nitrogen and oxygen atoms in total. The zero-order valence-electron chi connectivity index (χ0n) is 18.5. The van der Waals surface area contributed by atoms with Crippen molar-refractivity contribution >= 4 is 29.9 Å². The van der Waals surface area contributed by atoms with Gasteiger partial charge >= 0.3 is 0 Å². The number of ether oxygens (including phenoxy) is 2. The van der Waals surface area contributed by atoms with Crippen LogP contribution in [0.4, 0.5) is 0 Å². The highest BCUT2D eigenvalue weighted by atomic mass is 127. The van der Waals surface area contributed by atoms with Gasteiger partial charge in [0.15, 0.2) is 5.96 Å². The molecule has 1 aromatic carbocycles. The van der Waals surface area contributed by atoms with Crippen LogP contribution in [0.2, 0.25) is 0 Å². The Kier molecular flexibility index (Phi) is 13.3. The third-order valence-electron chi connectivity index (χ3n) is 5.13. The smallest absolute Gasteiger partial charge is 0.191 e. The van der Waals surface area contributed by atoms with E-state index < -0.39 is 0 Å². The van der Waals surface area contributed by atoms with Crippen molar-refractivity contribution < 1.29 is 9.47 Å². The van der Waals surface area contributed by atoms with Crippen LogP contribution in [0.15, 0.2) is 23.2 Å². The molecule has 0 amide bonds. The molecule has 1 aromatic rings. The van der Waals surface area contributed by atoms with E-state index in [1.54, 1.807) is 7.11 Å². The van der Waals surface area contributed by atoms with E-state index >= 15 is 0 Å². The van der Waals surface area contributed by atoms with Crippen LogP contribution in [-0.2, 0) is 11.3 Å². The third-order valence-corrected chi connectivity index (χ3v) is 5.13. The highest BCUT2D eigenvalue weighted by Crippen LogP contribution is 2.21. The van der Waals surface area contributed by atoms with Gasteiger partial charge in [-0.3, -0.25) is 0 Å². The van der Waals surface area contributed by atoms with Crippen LogP contribution in [0.5, 0.6) is 5.75 Å². The van der Waals surface area contributed by atoms with Crippen molar-refractivity contribution in [2.24, 2.45) is 10.9 Å². The Labute approximate surface area is 193 Å². The molecule has 1 heterocycles. The van der Waals surface area contributed by atoms with Crippen molar-refractivity contribution in [2.75, 3.05) is 53.0 Å². The summed E-state index contributed by atoms with van der Waals surface area (Å²) in [5.74, 6) is 2.45. The summed E-state index contributed by atoms with van der Waals surface area (Å²) in [7, 11) is 1.69. The van der Waals surface area contributed by atoms with Crippen molar-refractivity contribution in [3.63, 3.8) is 0 Å². The zero-order chi connectivity index (χ0) is 20.2. The summed E-state index contributed by atoms with van der Waals surface area (Å²) in [5.41, 5.74) is 2.27. The van der Waals surface area contributed by atoms with Crippen LogP contribution >= 0.6 is 24.0 Å². The van der Waals surface area contributed by atoms with Gasteiger partial charge in [0.05, 0.1) is 13.2 Å². The molecule has 166 valence electrons. The summed E-state index contributed by atoms with van der Waals surface area (Å²) in [5, 5.41) is 6.91. The predicted octanol–water partition coefficient (Wildman–Crippen LogP) is 3.43. The lowest BCUT2D eigenvalue weighted by Gasteiger charge is -2.32. The number of likely N-dealkylation sites (tertiary alicyclic amines) is 1. The fourth-order valence-corrected chi connectivity index (χ4v) is 3.51. The lowest BCUT2D eigenvalue weighted by molar-refractivity contribution is 0.145. The molecule has 0 spiro atoms. The zero-order valence-corrected chi connectivity index (χ0v) is 20.8. The molecule has 0 saturated carbocycles. The number of aryl methyl sites for hydroxylation is 1. The van der Waals surface area contributed by atoms with Gasteiger partial charge in [-0.25, -0.2) is 4.99 Å². The molecule has 1 unspecified atom stereocenters. The topological polar surface area (TPSA) is 58.1 Å². The summed E-state index contributed by atoms with van der Waals surface area (Å²) >= 11 is 0. The molecule has 2 rings (SSSR count). The highest BCUT2D eigenvalue weighted by molar-refractivity contribution is 14.0. The minimum Gasteiger partial charge on any atom is -0.491 e. The van der Waals surface area contributed by atoms with E-state index in [0.29, 0.717) is 25.7 Å². The van der Waals surface area contributed by atoms with Gasteiger partial charge in [0.2, 0.25) is 0 Å². The number of piperidine rings is 1. The standard InChI is InChI=1S/C22H38N4O2.HI/c1-5-23-22(24-15-19-8-7-11-26(6-2)17-19)25-16-20-10-9-18(3)14-21(20)28-13-12-27-4;/h9-10,14,19H,5-8,11-13,15-17H2,1-4H3,(H2,23,24,25);1H. The molecular formula is C22H39IN4O2. The van der Waals surface area contributed by atoms with Gasteiger partial charge in [-0.15, -0.1) is 24.0 Å². The van der Waals surface area contributed by atoms with Gasteiger partial charge in [-0.2, -0.15) is 0 Å². The second-order valence-corrected chi connectivity index (χ2v) is 7.43. The summed E-state index contributed by atoms with van der Waals surface area (Å²) in [6, 6.07) is 6.28. The maximum Gasteiger partial charge on any atom is 0.191 e. The number of nitrogens with one attached hydrogen (secondary N) is 2. The van der Waals surface area contributed by atoms with E-state index in [1.807, 2.05) is 0 Å². The van der Waals surface area contributed by atoms with Crippen molar-refractivity contribution in [3.05, 3.63) is 29.3 Å². The molecule has 1 saturated heterocycles. The molecule has 1 aliphatic heterocycles. The Morgan fingerprint density at radius 3 is 2.79 bits per heavy atom. The van der Waals surface area contributed by atoms with Crippen LogP contribution in [0.3, 0.4) is 0 Å². The predicted molar refractivity (Wildman–Crippen MR) is 132 cm³/mol. The van der Waals surface area contributed by atoms with Crippen LogP contribution in [0.1, 0.15) is 37.8 Å². The van der Waals surface area contributed by atoms with Crippen LogP contribution in [-0.4, -0.2) is 63.9 Å². The molecule has 0 aromatic heterocycles. The van der Waals surface area contributed by atoms with E-state index in [2.05, 4.69) is 54.5 Å². The van der Waals surface area contributed by atoms with Crippen LogP contribution in [0, 0.1) is 12.8 Å². The van der Waals surface area contributed by atoms with Gasteiger partial charge in [0, 0.05) is 32.3 Å². The first kappa shape index (κ1) is 26.0. The van der Waals surface area contributed by atoms with Gasteiger partial charge < -0.3 is 25.0 Å². The number of methoxy groups -OCH3 is 1. The molecule has 0 bridgehead atoms. The second-order valence-electron chi connectivity index (χ2n) is 7.43. The van der Waals surface area contributed by atoms with E-state index in [4.69, 9.17) is 14.5 Å². The molecule has 1 atom stereocenters. The molecule has 29 heavy (non-hydrogen) atoms. The number of nitrogens with zero attached hydrogens (tertiary/aromatic N) is 2. The number of halogens is 1. The summed E-state index contributed by atoms with van der Waals surface area (Å²) in [4.78, 5) is 7.33. The highest BCUT2D eigenvalue weighted by Gasteiger charge is 2.18. The normalized spacial score (nSPS) is 17.5. The fraction of sp³-hybridized carbons (Fsp3) is 0.682. The lowest BCUT2D eigenvalue weighted by Crippen LogP contribution is -2.44. The molecule has 7 heteroatoms. The fourth-order valence-electron chi connectivity index (χ4n) is 3.51. The first-order chi connectivity index (χ1) is 13.7. The Bertz CT molecular complexity index is 612. The molecule has 0 radical (unpaired) electrons. The first-order valence-corrected chi connectivity index (χ1v) is 10.6. The minimum absolute atomic E-state index is 0. The number of aliphatic imine (C=N–C) groups is 1. The maximum atomic E-state index is 5.89. The molecule has 1 fully saturated rings. The largest absolute Gasteiger partial charge is 0.491 e. The van der Waals surface area contributed by atoms with Crippen LogP contribution < -0.4 is 15.4 Å². The van der Waals surface area contributed by atoms with E-state index in [-0.39, 0.29) is 24.0 Å². The Morgan fingerprint density at radius 2 is 2.07 bits per heavy atom. The number of rotatable bonds is 10. The van der Waals surface area contributed by atoms with Crippen molar-refractivity contribution in [3.8, 4) is 5.75 Å². The summed E-state index contributed by atoms with van der Waals surface area (Å²) in [6.07, 6.45) is 2.58. The summed E-state index contributed by atoms with van der Waals surface area (Å²) < 4.78 is 11.0. The number of hydrogen-bond acceptors (Lipinski definition) is 4. The van der Waals surface area contributed by atoms with E-state index in [0.717, 1.165) is 36.9 Å². The molecule has 0 aliphatic carbocycles.